The average Bonchev–Trinajstić information content (AvgIpc) is 2.48. The van der Waals surface area contributed by atoms with E-state index in [1.165, 1.54) is 16.7 Å². The van der Waals surface area contributed by atoms with Crippen LogP contribution in [0.5, 0.6) is 0 Å². The summed E-state index contributed by atoms with van der Waals surface area (Å²) in [6.45, 7) is 7.08. The number of nitrogens with one attached hydrogen (secondary N) is 1. The number of ether oxygens (including phenoxy) is 1. The molecule has 0 amide bonds. The molecule has 120 valence electrons. The van der Waals surface area contributed by atoms with Crippen molar-refractivity contribution in [1.82, 2.24) is 14.3 Å². The second-order valence-corrected chi connectivity index (χ2v) is 6.53. The molecule has 0 saturated heterocycles. The van der Waals surface area contributed by atoms with Crippen LogP contribution in [0, 0.1) is 0 Å². The molecule has 0 fully saturated rings. The second-order valence-electron chi connectivity index (χ2n) is 4.64. The number of rotatable bonds is 9. The molecular formula is C13H24N4O3S. The van der Waals surface area contributed by atoms with E-state index >= 15 is 0 Å². The Hall–Kier alpha value is -1.25. The van der Waals surface area contributed by atoms with Gasteiger partial charge in [0.25, 0.3) is 0 Å². The average molecular weight is 316 g/mol. The molecule has 0 aliphatic rings. The number of sulfonamides is 1. The normalized spacial score (nSPS) is 13.4. The third-order valence-corrected chi connectivity index (χ3v) is 5.13. The van der Waals surface area contributed by atoms with E-state index in [2.05, 4.69) is 15.3 Å². The Bertz CT molecular complexity index is 519. The van der Waals surface area contributed by atoms with Gasteiger partial charge < -0.3 is 10.1 Å². The molecule has 0 aliphatic carbocycles. The molecule has 7 nitrogen and oxygen atoms in total. The quantitative estimate of drug-likeness (QED) is 0.740. The Morgan fingerprint density at radius 2 is 1.95 bits per heavy atom. The van der Waals surface area contributed by atoms with Crippen molar-refractivity contribution in [3.05, 3.63) is 12.4 Å². The summed E-state index contributed by atoms with van der Waals surface area (Å²) in [5, 5.41) is 2.93. The molecule has 8 heteroatoms. The van der Waals surface area contributed by atoms with Gasteiger partial charge in [-0.15, -0.1) is 0 Å². The summed E-state index contributed by atoms with van der Waals surface area (Å²) in [7, 11) is -2.06. The minimum atomic E-state index is -3.62. The molecule has 1 atom stereocenters. The molecule has 1 aromatic rings. The van der Waals surface area contributed by atoms with Crippen LogP contribution in [0.25, 0.3) is 0 Å². The molecule has 1 rings (SSSR count). The summed E-state index contributed by atoms with van der Waals surface area (Å²) < 4.78 is 31.8. The van der Waals surface area contributed by atoms with Gasteiger partial charge in [-0.3, -0.25) is 0 Å². The van der Waals surface area contributed by atoms with E-state index < -0.39 is 10.0 Å². The monoisotopic (exact) mass is 316 g/mol. The van der Waals surface area contributed by atoms with Crippen molar-refractivity contribution in [2.24, 2.45) is 0 Å². The molecule has 0 aliphatic heterocycles. The minimum Gasteiger partial charge on any atom is -0.383 e. The third kappa shape index (κ3) is 4.62. The fourth-order valence-electron chi connectivity index (χ4n) is 1.80. The first kappa shape index (κ1) is 17.8. The first-order valence-corrected chi connectivity index (χ1v) is 8.48. The Labute approximate surface area is 126 Å². The summed E-state index contributed by atoms with van der Waals surface area (Å²) in [6, 6.07) is -0.112. The van der Waals surface area contributed by atoms with E-state index in [9.17, 15) is 8.42 Å². The maximum atomic E-state index is 12.7. The first-order chi connectivity index (χ1) is 9.97. The van der Waals surface area contributed by atoms with E-state index in [-0.39, 0.29) is 10.9 Å². The van der Waals surface area contributed by atoms with Gasteiger partial charge in [0.15, 0.2) is 0 Å². The number of methoxy groups -OCH3 is 1. The van der Waals surface area contributed by atoms with Gasteiger partial charge in [0, 0.05) is 26.2 Å². The van der Waals surface area contributed by atoms with E-state index in [0.29, 0.717) is 25.6 Å². The van der Waals surface area contributed by atoms with Gasteiger partial charge in [-0.2, -0.15) is 4.31 Å². The van der Waals surface area contributed by atoms with E-state index in [1.54, 1.807) is 7.11 Å². The molecule has 1 N–H and O–H groups in total. The van der Waals surface area contributed by atoms with Crippen molar-refractivity contribution in [3.8, 4) is 0 Å². The van der Waals surface area contributed by atoms with Crippen molar-refractivity contribution >= 4 is 16.0 Å². The van der Waals surface area contributed by atoms with Crippen molar-refractivity contribution in [2.45, 2.75) is 38.1 Å². The van der Waals surface area contributed by atoms with Crippen LogP contribution in [0.2, 0.25) is 0 Å². The number of hydrogen-bond acceptors (Lipinski definition) is 6. The number of hydrogen-bond donors (Lipinski definition) is 1. The largest absolute Gasteiger partial charge is 0.383 e. The predicted octanol–water partition coefficient (Wildman–Crippen LogP) is 1.34. The zero-order valence-corrected chi connectivity index (χ0v) is 13.9. The zero-order valence-electron chi connectivity index (χ0n) is 13.0. The Morgan fingerprint density at radius 1 is 1.33 bits per heavy atom. The lowest BCUT2D eigenvalue weighted by molar-refractivity contribution is 0.167. The highest BCUT2D eigenvalue weighted by molar-refractivity contribution is 7.89. The van der Waals surface area contributed by atoms with Gasteiger partial charge in [0.2, 0.25) is 16.0 Å². The molecule has 0 aromatic carbocycles. The van der Waals surface area contributed by atoms with E-state index in [1.807, 2.05) is 20.8 Å². The van der Waals surface area contributed by atoms with Crippen molar-refractivity contribution in [2.75, 3.05) is 32.1 Å². The number of anilines is 1. The van der Waals surface area contributed by atoms with Crippen molar-refractivity contribution in [1.29, 1.82) is 0 Å². The maximum absolute atomic E-state index is 12.7. The molecule has 1 unspecified atom stereocenters. The zero-order chi connectivity index (χ0) is 15.9. The topological polar surface area (TPSA) is 84.4 Å². The molecule has 0 bridgehead atoms. The molecule has 21 heavy (non-hydrogen) atoms. The molecule has 1 aromatic heterocycles. The van der Waals surface area contributed by atoms with Crippen LogP contribution in [0.3, 0.4) is 0 Å². The van der Waals surface area contributed by atoms with Crippen LogP contribution in [-0.2, 0) is 14.8 Å². The van der Waals surface area contributed by atoms with Crippen LogP contribution >= 0.6 is 0 Å². The summed E-state index contributed by atoms with van der Waals surface area (Å²) in [4.78, 5) is 8.14. The summed E-state index contributed by atoms with van der Waals surface area (Å²) in [5.41, 5.74) is 0. The fourth-order valence-corrected chi connectivity index (χ4v) is 3.38. The minimum absolute atomic E-state index is 0.0977. The summed E-state index contributed by atoms with van der Waals surface area (Å²) in [6.07, 6.45) is 3.39. The van der Waals surface area contributed by atoms with Crippen LogP contribution in [0.1, 0.15) is 27.2 Å². The lowest BCUT2D eigenvalue weighted by Crippen LogP contribution is -2.40. The Morgan fingerprint density at radius 3 is 2.43 bits per heavy atom. The highest BCUT2D eigenvalue weighted by Gasteiger charge is 2.28. The van der Waals surface area contributed by atoms with Crippen LogP contribution in [-0.4, -0.2) is 55.5 Å². The Balaban J connectivity index is 3.03. The first-order valence-electron chi connectivity index (χ1n) is 7.04. The standard InChI is InChI=1S/C13H24N4O3S/c1-5-11(3)17(7-8-20-4)21(18,19)12-9-15-13(14-6-2)16-10-12/h9-11H,5-8H2,1-4H3,(H,14,15,16). The van der Waals surface area contributed by atoms with Gasteiger partial charge in [-0.25, -0.2) is 18.4 Å². The van der Waals surface area contributed by atoms with E-state index in [0.717, 1.165) is 6.42 Å². The van der Waals surface area contributed by atoms with Gasteiger partial charge in [0.1, 0.15) is 4.90 Å². The molecule has 0 saturated carbocycles. The summed E-state index contributed by atoms with van der Waals surface area (Å²) in [5.74, 6) is 0.420. The SMILES string of the molecule is CCNc1ncc(S(=O)(=O)N(CCOC)C(C)CC)cn1. The highest BCUT2D eigenvalue weighted by atomic mass is 32.2. The van der Waals surface area contributed by atoms with Crippen molar-refractivity contribution < 1.29 is 13.2 Å². The predicted molar refractivity (Wildman–Crippen MR) is 81.7 cm³/mol. The number of aromatic nitrogens is 2. The second kappa shape index (κ2) is 8.26. The maximum Gasteiger partial charge on any atom is 0.246 e. The van der Waals surface area contributed by atoms with Crippen LogP contribution in [0.4, 0.5) is 5.95 Å². The van der Waals surface area contributed by atoms with Gasteiger partial charge in [-0.1, -0.05) is 6.92 Å². The summed E-state index contributed by atoms with van der Waals surface area (Å²) >= 11 is 0. The lowest BCUT2D eigenvalue weighted by atomic mass is 10.3. The Kier molecular flexibility index (Phi) is 7.00. The lowest BCUT2D eigenvalue weighted by Gasteiger charge is -2.27. The van der Waals surface area contributed by atoms with Gasteiger partial charge in [0.05, 0.1) is 19.0 Å². The molecule has 1 heterocycles. The smallest absolute Gasteiger partial charge is 0.246 e. The van der Waals surface area contributed by atoms with Crippen LogP contribution < -0.4 is 5.32 Å². The van der Waals surface area contributed by atoms with Crippen LogP contribution in [0.15, 0.2) is 17.3 Å². The fraction of sp³-hybridized carbons (Fsp3) is 0.692. The van der Waals surface area contributed by atoms with Crippen molar-refractivity contribution in [3.63, 3.8) is 0 Å². The highest BCUT2D eigenvalue weighted by Crippen LogP contribution is 2.18. The van der Waals surface area contributed by atoms with Gasteiger partial charge in [-0.05, 0) is 20.3 Å². The molecule has 0 spiro atoms. The number of nitrogens with zero attached hydrogens (tertiary/aromatic N) is 3. The molecule has 0 radical (unpaired) electrons. The molecular weight excluding hydrogens is 292 g/mol. The van der Waals surface area contributed by atoms with E-state index in [4.69, 9.17) is 4.74 Å². The van der Waals surface area contributed by atoms with Gasteiger partial charge >= 0.3 is 0 Å². The third-order valence-electron chi connectivity index (χ3n) is 3.17.